The lowest BCUT2D eigenvalue weighted by Crippen LogP contribution is -2.42. The van der Waals surface area contributed by atoms with Gasteiger partial charge in [0, 0.05) is 24.3 Å². The van der Waals surface area contributed by atoms with E-state index in [1.165, 1.54) is 0 Å². The topological polar surface area (TPSA) is 67.5 Å². The van der Waals surface area contributed by atoms with Crippen LogP contribution in [0.2, 0.25) is 0 Å². The van der Waals surface area contributed by atoms with E-state index in [2.05, 4.69) is 24.2 Å². The highest BCUT2D eigenvalue weighted by molar-refractivity contribution is 8.14. The second kappa shape index (κ2) is 6.89. The van der Waals surface area contributed by atoms with Crippen LogP contribution in [0.25, 0.3) is 0 Å². The van der Waals surface area contributed by atoms with Gasteiger partial charge in [-0.05, 0) is 25.7 Å². The van der Waals surface area contributed by atoms with E-state index < -0.39 is 0 Å². The average molecular weight is 257 g/mol. The molecule has 0 spiro atoms. The van der Waals surface area contributed by atoms with Crippen molar-refractivity contribution in [2.45, 2.75) is 51.5 Å². The molecule has 5 heteroatoms. The summed E-state index contributed by atoms with van der Waals surface area (Å²) < 4.78 is 0. The molecular weight excluding hydrogens is 234 g/mol. The minimum atomic E-state index is -0.220. The molecule has 0 aromatic heterocycles. The number of hydrogen-bond donors (Lipinski definition) is 2. The summed E-state index contributed by atoms with van der Waals surface area (Å²) in [5, 5.41) is 4.59. The molecule has 0 saturated carbocycles. The highest BCUT2D eigenvalue weighted by atomic mass is 32.2. The van der Waals surface area contributed by atoms with Crippen molar-refractivity contribution in [2.75, 3.05) is 12.3 Å². The smallest absolute Gasteiger partial charge is 0.217 e. The summed E-state index contributed by atoms with van der Waals surface area (Å²) >= 11 is 1.81. The Bertz CT molecular complexity index is 287. The number of nitrogens with one attached hydrogen (secondary N) is 1. The largest absolute Gasteiger partial charge is 0.370 e. The Morgan fingerprint density at radius 1 is 1.47 bits per heavy atom. The van der Waals surface area contributed by atoms with E-state index in [1.807, 2.05) is 11.8 Å². The van der Waals surface area contributed by atoms with Crippen molar-refractivity contribution >= 4 is 22.8 Å². The van der Waals surface area contributed by atoms with Crippen LogP contribution in [0.15, 0.2) is 4.99 Å². The second-order valence-corrected chi connectivity index (χ2v) is 5.48. The number of carbonyl (C=O) groups excluding carboxylic acids is 1. The molecule has 1 fully saturated rings. The number of nitrogens with two attached hydrogens (primary N) is 1. The quantitative estimate of drug-likeness (QED) is 0.684. The zero-order valence-electron chi connectivity index (χ0n) is 10.8. The summed E-state index contributed by atoms with van der Waals surface area (Å²) in [5.74, 6) is 0.891. The molecule has 1 amide bonds. The lowest BCUT2D eigenvalue weighted by molar-refractivity contribution is -0.118. The number of unbranched alkanes of at least 4 members (excludes halogenated alkanes) is 1. The third kappa shape index (κ3) is 4.58. The predicted octanol–water partition coefficient (Wildman–Crippen LogP) is 1.89. The fraction of sp³-hybridized carbons (Fsp3) is 0.833. The van der Waals surface area contributed by atoms with E-state index in [9.17, 15) is 4.79 Å². The summed E-state index contributed by atoms with van der Waals surface area (Å²) in [6, 6.07) is 0. The number of primary amides is 1. The van der Waals surface area contributed by atoms with Gasteiger partial charge in [-0.3, -0.25) is 9.79 Å². The van der Waals surface area contributed by atoms with Gasteiger partial charge < -0.3 is 11.1 Å². The Balaban J connectivity index is 2.26. The number of aliphatic imine (C=N–C) groups is 1. The van der Waals surface area contributed by atoms with Crippen LogP contribution in [0, 0.1) is 0 Å². The molecule has 1 aliphatic heterocycles. The van der Waals surface area contributed by atoms with E-state index in [1.54, 1.807) is 0 Å². The van der Waals surface area contributed by atoms with Crippen LogP contribution in [0.4, 0.5) is 0 Å². The minimum Gasteiger partial charge on any atom is -0.370 e. The number of hydrogen-bond acceptors (Lipinski definition) is 3. The van der Waals surface area contributed by atoms with Gasteiger partial charge in [-0.2, -0.15) is 0 Å². The van der Waals surface area contributed by atoms with E-state index >= 15 is 0 Å². The second-order valence-electron chi connectivity index (χ2n) is 4.51. The van der Waals surface area contributed by atoms with Crippen LogP contribution >= 0.6 is 11.8 Å². The molecule has 1 saturated heterocycles. The maximum Gasteiger partial charge on any atom is 0.217 e. The maximum absolute atomic E-state index is 10.6. The zero-order chi connectivity index (χ0) is 12.7. The van der Waals surface area contributed by atoms with Gasteiger partial charge in [0.15, 0.2) is 5.17 Å². The molecule has 0 aromatic carbocycles. The van der Waals surface area contributed by atoms with Gasteiger partial charge in [-0.15, -0.1) is 0 Å². The molecule has 1 aliphatic rings. The molecule has 98 valence electrons. The van der Waals surface area contributed by atoms with Crippen LogP contribution in [0.1, 0.15) is 46.0 Å². The van der Waals surface area contributed by atoms with Crippen LogP contribution in [-0.4, -0.2) is 28.9 Å². The van der Waals surface area contributed by atoms with Crippen molar-refractivity contribution in [3.05, 3.63) is 0 Å². The Labute approximate surface area is 108 Å². The lowest BCUT2D eigenvalue weighted by Gasteiger charge is -2.25. The number of carbonyl (C=O) groups is 1. The third-order valence-corrected chi connectivity index (χ3v) is 4.50. The van der Waals surface area contributed by atoms with Gasteiger partial charge >= 0.3 is 0 Å². The predicted molar refractivity (Wildman–Crippen MR) is 74.3 cm³/mol. The van der Waals surface area contributed by atoms with Crippen molar-refractivity contribution < 1.29 is 4.79 Å². The first kappa shape index (κ1) is 14.4. The average Bonchev–Trinajstić information content (AvgIpc) is 2.73. The third-order valence-electron chi connectivity index (χ3n) is 3.30. The molecule has 3 N–H and O–H groups in total. The number of amides is 1. The monoisotopic (exact) mass is 257 g/mol. The number of amidine groups is 1. The zero-order valence-corrected chi connectivity index (χ0v) is 11.6. The molecule has 0 atom stereocenters. The lowest BCUT2D eigenvalue weighted by atomic mass is 9.96. The van der Waals surface area contributed by atoms with Crippen LogP contribution in [0.5, 0.6) is 0 Å². The SMILES string of the molecule is CCC1(CC)CSC(=NCCCCC(N)=O)N1. The standard InChI is InChI=1S/C12H23N3OS/c1-3-12(4-2)9-17-11(15-12)14-8-6-5-7-10(13)16/h3-9H2,1-2H3,(H2,13,16)(H,14,15). The molecule has 0 radical (unpaired) electrons. The van der Waals surface area contributed by atoms with Crippen molar-refractivity contribution in [1.82, 2.24) is 5.32 Å². The van der Waals surface area contributed by atoms with E-state index in [4.69, 9.17) is 5.73 Å². The Hall–Kier alpha value is -0.710. The van der Waals surface area contributed by atoms with Crippen molar-refractivity contribution in [1.29, 1.82) is 0 Å². The molecule has 1 heterocycles. The summed E-state index contributed by atoms with van der Waals surface area (Å²) in [7, 11) is 0. The van der Waals surface area contributed by atoms with Crippen LogP contribution in [-0.2, 0) is 4.79 Å². The summed E-state index contributed by atoms with van der Waals surface area (Å²) in [6.45, 7) is 5.21. The first-order valence-electron chi connectivity index (χ1n) is 6.35. The molecular formula is C12H23N3OS. The molecule has 0 bridgehead atoms. The summed E-state index contributed by atoms with van der Waals surface area (Å²) in [6.07, 6.45) is 4.51. The van der Waals surface area contributed by atoms with Crippen molar-refractivity contribution in [3.63, 3.8) is 0 Å². The Morgan fingerprint density at radius 3 is 2.71 bits per heavy atom. The van der Waals surface area contributed by atoms with Gasteiger partial charge in [0.05, 0.1) is 0 Å². The van der Waals surface area contributed by atoms with Crippen molar-refractivity contribution in [2.24, 2.45) is 10.7 Å². The van der Waals surface area contributed by atoms with Gasteiger partial charge in [-0.25, -0.2) is 0 Å². The molecule has 0 aliphatic carbocycles. The number of thioether (sulfide) groups is 1. The first-order chi connectivity index (χ1) is 8.12. The summed E-state index contributed by atoms with van der Waals surface area (Å²) in [4.78, 5) is 15.1. The molecule has 17 heavy (non-hydrogen) atoms. The fourth-order valence-corrected chi connectivity index (χ4v) is 3.18. The maximum atomic E-state index is 10.6. The van der Waals surface area contributed by atoms with E-state index in [0.29, 0.717) is 6.42 Å². The molecule has 0 aromatic rings. The first-order valence-corrected chi connectivity index (χ1v) is 7.34. The normalized spacial score (nSPS) is 20.5. The molecule has 1 rings (SSSR count). The van der Waals surface area contributed by atoms with Crippen molar-refractivity contribution in [3.8, 4) is 0 Å². The van der Waals surface area contributed by atoms with E-state index in [0.717, 1.165) is 43.1 Å². The minimum absolute atomic E-state index is 0.220. The van der Waals surface area contributed by atoms with Gasteiger partial charge in [0.25, 0.3) is 0 Å². The van der Waals surface area contributed by atoms with Crippen LogP contribution < -0.4 is 11.1 Å². The van der Waals surface area contributed by atoms with Gasteiger partial charge in [-0.1, -0.05) is 25.6 Å². The number of nitrogens with zero attached hydrogens (tertiary/aromatic N) is 1. The summed E-state index contributed by atoms with van der Waals surface area (Å²) in [5.41, 5.74) is 5.32. The highest BCUT2D eigenvalue weighted by Crippen LogP contribution is 2.28. The molecule has 0 unspecified atom stereocenters. The van der Waals surface area contributed by atoms with E-state index in [-0.39, 0.29) is 11.4 Å². The van der Waals surface area contributed by atoms with Gasteiger partial charge in [0.1, 0.15) is 0 Å². The Morgan fingerprint density at radius 2 is 2.18 bits per heavy atom. The number of rotatable bonds is 7. The Kier molecular flexibility index (Phi) is 5.82. The molecule has 4 nitrogen and oxygen atoms in total. The highest BCUT2D eigenvalue weighted by Gasteiger charge is 2.33. The fourth-order valence-electron chi connectivity index (χ4n) is 1.81. The van der Waals surface area contributed by atoms with Gasteiger partial charge in [0.2, 0.25) is 5.91 Å². The van der Waals surface area contributed by atoms with Crippen LogP contribution in [0.3, 0.4) is 0 Å².